The SMILES string of the molecule is C=C1C=CC(=S)C=C1. The van der Waals surface area contributed by atoms with E-state index in [4.69, 9.17) is 12.2 Å². The molecule has 0 saturated heterocycles. The van der Waals surface area contributed by atoms with Crippen molar-refractivity contribution in [2.75, 3.05) is 0 Å². The lowest BCUT2D eigenvalue weighted by Crippen LogP contribution is -1.86. The lowest BCUT2D eigenvalue weighted by atomic mass is 10.1. The highest BCUT2D eigenvalue weighted by Crippen LogP contribution is 2.02. The summed E-state index contributed by atoms with van der Waals surface area (Å²) in [4.78, 5) is 0.873. The van der Waals surface area contributed by atoms with Crippen LogP contribution < -0.4 is 0 Å². The Kier molecular flexibility index (Phi) is 1.40. The van der Waals surface area contributed by atoms with Gasteiger partial charge in [0.1, 0.15) is 0 Å². The van der Waals surface area contributed by atoms with Crippen LogP contribution in [0.1, 0.15) is 0 Å². The van der Waals surface area contributed by atoms with Crippen LogP contribution in [-0.4, -0.2) is 4.86 Å². The van der Waals surface area contributed by atoms with Gasteiger partial charge in [-0.05, 0) is 17.7 Å². The maximum Gasteiger partial charge on any atom is 0.0377 e. The maximum atomic E-state index is 4.84. The molecule has 40 valence electrons. The van der Waals surface area contributed by atoms with Crippen molar-refractivity contribution in [3.8, 4) is 0 Å². The summed E-state index contributed by atoms with van der Waals surface area (Å²) in [5.41, 5.74) is 1.01. The van der Waals surface area contributed by atoms with E-state index in [-0.39, 0.29) is 0 Å². The molecule has 0 amide bonds. The average Bonchev–Trinajstić information content (AvgIpc) is 1.77. The molecule has 0 fully saturated rings. The number of rotatable bonds is 0. The van der Waals surface area contributed by atoms with E-state index in [0.29, 0.717) is 0 Å². The monoisotopic (exact) mass is 122 g/mol. The maximum absolute atomic E-state index is 4.84. The molecule has 1 heteroatoms. The summed E-state index contributed by atoms with van der Waals surface area (Å²) in [7, 11) is 0. The highest BCUT2D eigenvalue weighted by molar-refractivity contribution is 7.81. The smallest absolute Gasteiger partial charge is 0.0377 e. The largest absolute Gasteiger partial charge is 0.0918 e. The fourth-order valence-electron chi connectivity index (χ4n) is 0.489. The Hall–Kier alpha value is -0.690. The van der Waals surface area contributed by atoms with Crippen molar-refractivity contribution in [3.05, 3.63) is 36.5 Å². The predicted octanol–water partition coefficient (Wildman–Crippen LogP) is 2.04. The summed E-state index contributed by atoms with van der Waals surface area (Å²) in [5, 5.41) is 0. The van der Waals surface area contributed by atoms with Crippen LogP contribution in [-0.2, 0) is 0 Å². The fourth-order valence-corrected chi connectivity index (χ4v) is 0.626. The zero-order valence-corrected chi connectivity index (χ0v) is 5.24. The van der Waals surface area contributed by atoms with Gasteiger partial charge < -0.3 is 0 Å². The van der Waals surface area contributed by atoms with Crippen LogP contribution in [0.25, 0.3) is 0 Å². The molecule has 0 radical (unpaired) electrons. The molecule has 0 N–H and O–H groups in total. The molecule has 0 spiro atoms. The van der Waals surface area contributed by atoms with Gasteiger partial charge in [-0.1, -0.05) is 30.9 Å². The first-order valence-corrected chi connectivity index (χ1v) is 2.79. The summed E-state index contributed by atoms with van der Waals surface area (Å²) >= 11 is 4.84. The van der Waals surface area contributed by atoms with Crippen molar-refractivity contribution in [2.24, 2.45) is 0 Å². The molecule has 0 aliphatic heterocycles. The van der Waals surface area contributed by atoms with Gasteiger partial charge >= 0.3 is 0 Å². The van der Waals surface area contributed by atoms with Crippen LogP contribution in [0, 0.1) is 0 Å². The molecule has 0 unspecified atom stereocenters. The first-order chi connectivity index (χ1) is 3.79. The Labute approximate surface area is 54.2 Å². The quantitative estimate of drug-likeness (QED) is 0.443. The Morgan fingerprint density at radius 3 is 2.00 bits per heavy atom. The zero-order valence-electron chi connectivity index (χ0n) is 4.42. The normalized spacial score (nSPS) is 17.5. The molecule has 0 heterocycles. The highest BCUT2D eigenvalue weighted by Gasteiger charge is 1.89. The molecule has 1 rings (SSSR count). The highest BCUT2D eigenvalue weighted by atomic mass is 32.1. The van der Waals surface area contributed by atoms with E-state index < -0.39 is 0 Å². The lowest BCUT2D eigenvalue weighted by Gasteiger charge is -1.95. The lowest BCUT2D eigenvalue weighted by molar-refractivity contribution is 1.74. The standard InChI is InChI=1S/C7H6S/c1-6-2-4-7(8)5-3-6/h2-5H,1H2. The summed E-state index contributed by atoms with van der Waals surface area (Å²) < 4.78 is 0. The van der Waals surface area contributed by atoms with E-state index in [9.17, 15) is 0 Å². The number of hydrogen-bond acceptors (Lipinski definition) is 1. The molecule has 0 aromatic rings. The first-order valence-electron chi connectivity index (χ1n) is 2.38. The van der Waals surface area contributed by atoms with Crippen LogP contribution in [0.2, 0.25) is 0 Å². The summed E-state index contributed by atoms with van der Waals surface area (Å²) in [6.45, 7) is 3.72. The van der Waals surface area contributed by atoms with Gasteiger partial charge in [-0.2, -0.15) is 0 Å². The first kappa shape index (κ1) is 5.45. The topological polar surface area (TPSA) is 0 Å². The van der Waals surface area contributed by atoms with Gasteiger partial charge in [0.05, 0.1) is 0 Å². The van der Waals surface area contributed by atoms with E-state index in [2.05, 4.69) is 6.58 Å². The minimum atomic E-state index is 0.873. The second kappa shape index (κ2) is 2.05. The second-order valence-electron chi connectivity index (χ2n) is 1.64. The van der Waals surface area contributed by atoms with Gasteiger partial charge in [0.2, 0.25) is 0 Å². The Morgan fingerprint density at radius 2 is 1.62 bits per heavy atom. The van der Waals surface area contributed by atoms with Crippen molar-refractivity contribution in [3.63, 3.8) is 0 Å². The van der Waals surface area contributed by atoms with E-state index in [0.717, 1.165) is 10.4 Å². The minimum Gasteiger partial charge on any atom is -0.0918 e. The summed E-state index contributed by atoms with van der Waals surface area (Å²) in [5.74, 6) is 0. The Bertz CT molecular complexity index is 147. The van der Waals surface area contributed by atoms with Crippen LogP contribution in [0.3, 0.4) is 0 Å². The third kappa shape index (κ3) is 1.14. The van der Waals surface area contributed by atoms with Crippen LogP contribution in [0.5, 0.6) is 0 Å². The Balaban J connectivity index is 2.83. The third-order valence-corrected chi connectivity index (χ3v) is 1.20. The van der Waals surface area contributed by atoms with Crippen LogP contribution in [0.15, 0.2) is 36.5 Å². The fraction of sp³-hybridized carbons (Fsp3) is 0. The summed E-state index contributed by atoms with van der Waals surface area (Å²) in [6, 6.07) is 0. The van der Waals surface area contributed by atoms with Crippen molar-refractivity contribution < 1.29 is 0 Å². The van der Waals surface area contributed by atoms with E-state index >= 15 is 0 Å². The van der Waals surface area contributed by atoms with Crippen molar-refractivity contribution >= 4 is 17.1 Å². The third-order valence-electron chi connectivity index (χ3n) is 0.923. The van der Waals surface area contributed by atoms with E-state index in [1.165, 1.54) is 0 Å². The molecular formula is C7H6S. The number of allylic oxidation sites excluding steroid dienone is 5. The molecule has 0 aromatic heterocycles. The van der Waals surface area contributed by atoms with Gasteiger partial charge in [0.25, 0.3) is 0 Å². The van der Waals surface area contributed by atoms with Crippen LogP contribution >= 0.6 is 12.2 Å². The van der Waals surface area contributed by atoms with Gasteiger partial charge in [-0.3, -0.25) is 0 Å². The molecule has 0 bridgehead atoms. The molecular weight excluding hydrogens is 116 g/mol. The van der Waals surface area contributed by atoms with E-state index in [1.54, 1.807) is 0 Å². The predicted molar refractivity (Wildman–Crippen MR) is 40.0 cm³/mol. The van der Waals surface area contributed by atoms with Crippen LogP contribution in [0.4, 0.5) is 0 Å². The Morgan fingerprint density at radius 1 is 1.12 bits per heavy atom. The van der Waals surface area contributed by atoms with Gasteiger partial charge in [-0.25, -0.2) is 0 Å². The van der Waals surface area contributed by atoms with Crippen molar-refractivity contribution in [2.45, 2.75) is 0 Å². The molecule has 0 nitrogen and oxygen atoms in total. The molecule has 1 aliphatic carbocycles. The molecule has 0 saturated carbocycles. The van der Waals surface area contributed by atoms with Gasteiger partial charge in [0.15, 0.2) is 0 Å². The van der Waals surface area contributed by atoms with E-state index in [1.807, 2.05) is 24.3 Å². The van der Waals surface area contributed by atoms with Gasteiger partial charge in [-0.15, -0.1) is 0 Å². The average molecular weight is 122 g/mol. The summed E-state index contributed by atoms with van der Waals surface area (Å²) in [6.07, 6.45) is 7.56. The molecule has 0 atom stereocenters. The molecule has 0 aromatic carbocycles. The molecule has 1 aliphatic rings. The zero-order chi connectivity index (χ0) is 5.98. The number of thiocarbonyl (C=S) groups is 1. The van der Waals surface area contributed by atoms with Crippen molar-refractivity contribution in [1.29, 1.82) is 0 Å². The number of hydrogen-bond donors (Lipinski definition) is 0. The van der Waals surface area contributed by atoms with Gasteiger partial charge in [0, 0.05) is 4.86 Å². The second-order valence-corrected chi connectivity index (χ2v) is 2.12. The molecule has 8 heavy (non-hydrogen) atoms. The van der Waals surface area contributed by atoms with Crippen molar-refractivity contribution in [1.82, 2.24) is 0 Å². The minimum absolute atomic E-state index is 0.873.